The van der Waals surface area contributed by atoms with Crippen molar-refractivity contribution in [3.05, 3.63) is 58.4 Å². The minimum atomic E-state index is -0.0526. The fourth-order valence-corrected chi connectivity index (χ4v) is 2.03. The zero-order valence-electron chi connectivity index (χ0n) is 12.4. The number of amides is 1. The summed E-state index contributed by atoms with van der Waals surface area (Å²) in [6.07, 6.45) is 1.82. The number of anilines is 1. The number of nitrogens with one attached hydrogen (secondary N) is 1. The molecule has 21 heavy (non-hydrogen) atoms. The van der Waals surface area contributed by atoms with Crippen molar-refractivity contribution < 1.29 is 4.79 Å². The smallest absolute Gasteiger partial charge is 0.253 e. The van der Waals surface area contributed by atoms with E-state index in [1.54, 1.807) is 32.3 Å². The van der Waals surface area contributed by atoms with Crippen LogP contribution in [-0.2, 0) is 6.54 Å². The third-order valence-corrected chi connectivity index (χ3v) is 3.38. The van der Waals surface area contributed by atoms with E-state index in [1.807, 2.05) is 25.3 Å². The Morgan fingerprint density at radius 2 is 2.05 bits per heavy atom. The van der Waals surface area contributed by atoms with Crippen molar-refractivity contribution in [2.24, 2.45) is 0 Å². The molecule has 1 amide bonds. The number of pyridine rings is 1. The van der Waals surface area contributed by atoms with Gasteiger partial charge in [0.2, 0.25) is 0 Å². The number of aryl methyl sites for hydroxylation is 1. The fraction of sp³-hybridized carbons (Fsp3) is 0.250. The maximum absolute atomic E-state index is 12.0. The monoisotopic (exact) mass is 303 g/mol. The summed E-state index contributed by atoms with van der Waals surface area (Å²) in [5.74, 6) is -0.0526. The third-order valence-electron chi connectivity index (χ3n) is 3.05. The molecule has 2 rings (SSSR count). The molecule has 0 spiro atoms. The van der Waals surface area contributed by atoms with Crippen molar-refractivity contribution in [3.63, 3.8) is 0 Å². The molecule has 0 saturated carbocycles. The van der Waals surface area contributed by atoms with E-state index in [0.29, 0.717) is 17.1 Å². The molecule has 110 valence electrons. The van der Waals surface area contributed by atoms with Gasteiger partial charge < -0.3 is 10.2 Å². The van der Waals surface area contributed by atoms with Crippen molar-refractivity contribution in [2.45, 2.75) is 13.5 Å². The van der Waals surface area contributed by atoms with Crippen LogP contribution in [0.4, 0.5) is 5.69 Å². The molecule has 4 nitrogen and oxygen atoms in total. The van der Waals surface area contributed by atoms with Gasteiger partial charge in [0.1, 0.15) is 0 Å². The predicted molar refractivity (Wildman–Crippen MR) is 85.8 cm³/mol. The van der Waals surface area contributed by atoms with Gasteiger partial charge in [0, 0.05) is 25.9 Å². The Hall–Kier alpha value is -2.07. The van der Waals surface area contributed by atoms with Crippen molar-refractivity contribution in [1.82, 2.24) is 9.88 Å². The van der Waals surface area contributed by atoms with Crippen molar-refractivity contribution in [3.8, 4) is 0 Å². The van der Waals surface area contributed by atoms with Crippen molar-refractivity contribution in [1.29, 1.82) is 0 Å². The highest BCUT2D eigenvalue weighted by atomic mass is 35.5. The first-order chi connectivity index (χ1) is 9.97. The summed E-state index contributed by atoms with van der Waals surface area (Å²) in [7, 11) is 3.44. The highest BCUT2D eigenvalue weighted by molar-refractivity contribution is 6.33. The summed E-state index contributed by atoms with van der Waals surface area (Å²) in [6, 6.07) is 9.19. The molecule has 0 aliphatic heterocycles. The highest BCUT2D eigenvalue weighted by Crippen LogP contribution is 2.24. The average molecular weight is 304 g/mol. The number of hydrogen-bond donors (Lipinski definition) is 1. The fourth-order valence-electron chi connectivity index (χ4n) is 1.84. The first kappa shape index (κ1) is 15.3. The van der Waals surface area contributed by atoms with E-state index in [4.69, 9.17) is 11.6 Å². The van der Waals surface area contributed by atoms with E-state index in [-0.39, 0.29) is 5.91 Å². The maximum atomic E-state index is 12.0. The molecular formula is C16H18ClN3O. The molecule has 5 heteroatoms. The van der Waals surface area contributed by atoms with Gasteiger partial charge in [-0.2, -0.15) is 0 Å². The van der Waals surface area contributed by atoms with E-state index in [9.17, 15) is 4.79 Å². The van der Waals surface area contributed by atoms with Gasteiger partial charge in [0.15, 0.2) is 0 Å². The normalized spacial score (nSPS) is 10.3. The van der Waals surface area contributed by atoms with Gasteiger partial charge >= 0.3 is 0 Å². The second kappa shape index (κ2) is 6.59. The van der Waals surface area contributed by atoms with Crippen molar-refractivity contribution in [2.75, 3.05) is 19.4 Å². The van der Waals surface area contributed by atoms with Crippen LogP contribution in [-0.4, -0.2) is 29.9 Å². The molecule has 0 bridgehead atoms. The van der Waals surface area contributed by atoms with Crippen LogP contribution in [0, 0.1) is 6.92 Å². The predicted octanol–water partition coefficient (Wildman–Crippen LogP) is 3.36. The van der Waals surface area contributed by atoms with Crippen LogP contribution >= 0.6 is 11.6 Å². The number of rotatable bonds is 4. The maximum Gasteiger partial charge on any atom is 0.253 e. The molecular weight excluding hydrogens is 286 g/mol. The molecule has 1 heterocycles. The Morgan fingerprint density at radius 3 is 2.67 bits per heavy atom. The summed E-state index contributed by atoms with van der Waals surface area (Å²) in [5.41, 5.74) is 3.37. The number of carbonyl (C=O) groups excluding carboxylic acids is 1. The molecule has 0 radical (unpaired) electrons. The van der Waals surface area contributed by atoms with Gasteiger partial charge in [-0.25, -0.2) is 0 Å². The van der Waals surface area contributed by atoms with Gasteiger partial charge in [0.25, 0.3) is 5.91 Å². The summed E-state index contributed by atoms with van der Waals surface area (Å²) in [4.78, 5) is 17.8. The SMILES string of the molecule is Cc1ccc(CNc2cc(C(=O)N(C)C)ccc2Cl)nc1. The Bertz CT molecular complexity index is 638. The molecule has 0 atom stereocenters. The molecule has 0 fully saturated rings. The van der Waals surface area contributed by atoms with Crippen LogP contribution in [0.3, 0.4) is 0 Å². The van der Waals surface area contributed by atoms with Gasteiger partial charge in [-0.15, -0.1) is 0 Å². The van der Waals surface area contributed by atoms with Gasteiger partial charge in [0.05, 0.1) is 22.9 Å². The number of aromatic nitrogens is 1. The number of hydrogen-bond acceptors (Lipinski definition) is 3. The number of nitrogens with zero attached hydrogens (tertiary/aromatic N) is 2. The van der Waals surface area contributed by atoms with Crippen LogP contribution in [0.5, 0.6) is 0 Å². The Labute approximate surface area is 129 Å². The lowest BCUT2D eigenvalue weighted by Crippen LogP contribution is -2.21. The summed E-state index contributed by atoms with van der Waals surface area (Å²) in [6.45, 7) is 2.55. The molecule has 1 N–H and O–H groups in total. The Balaban J connectivity index is 2.14. The molecule has 1 aromatic heterocycles. The number of halogens is 1. The van der Waals surface area contributed by atoms with Crippen LogP contribution in [0.2, 0.25) is 5.02 Å². The molecule has 2 aromatic rings. The lowest BCUT2D eigenvalue weighted by atomic mass is 10.1. The molecule has 0 aliphatic carbocycles. The first-order valence-corrected chi connectivity index (χ1v) is 7.02. The zero-order chi connectivity index (χ0) is 15.4. The van der Waals surface area contributed by atoms with Gasteiger partial charge in [-0.05, 0) is 36.8 Å². The minimum absolute atomic E-state index is 0.0526. The van der Waals surface area contributed by atoms with Gasteiger partial charge in [-0.3, -0.25) is 9.78 Å². The summed E-state index contributed by atoms with van der Waals surface area (Å²) in [5, 5.41) is 3.80. The third kappa shape index (κ3) is 3.95. The van der Waals surface area contributed by atoms with E-state index in [2.05, 4.69) is 10.3 Å². The van der Waals surface area contributed by atoms with E-state index >= 15 is 0 Å². The van der Waals surface area contributed by atoms with Crippen molar-refractivity contribution >= 4 is 23.2 Å². The second-order valence-electron chi connectivity index (χ2n) is 5.07. The van der Waals surface area contributed by atoms with E-state index < -0.39 is 0 Å². The standard InChI is InChI=1S/C16H18ClN3O/c1-11-4-6-13(18-9-11)10-19-15-8-12(5-7-14(15)17)16(21)20(2)3/h4-9,19H,10H2,1-3H3. The van der Waals surface area contributed by atoms with Crippen LogP contribution < -0.4 is 5.32 Å². The summed E-state index contributed by atoms with van der Waals surface area (Å²) >= 11 is 6.16. The minimum Gasteiger partial charge on any atom is -0.378 e. The Morgan fingerprint density at radius 1 is 1.29 bits per heavy atom. The largest absolute Gasteiger partial charge is 0.378 e. The number of benzene rings is 1. The summed E-state index contributed by atoms with van der Waals surface area (Å²) < 4.78 is 0. The Kier molecular flexibility index (Phi) is 4.81. The molecule has 0 aliphatic rings. The lowest BCUT2D eigenvalue weighted by molar-refractivity contribution is 0.0827. The first-order valence-electron chi connectivity index (χ1n) is 6.64. The van der Waals surface area contributed by atoms with Crippen LogP contribution in [0.1, 0.15) is 21.6 Å². The van der Waals surface area contributed by atoms with E-state index in [0.717, 1.165) is 16.9 Å². The second-order valence-corrected chi connectivity index (χ2v) is 5.48. The highest BCUT2D eigenvalue weighted by Gasteiger charge is 2.10. The zero-order valence-corrected chi connectivity index (χ0v) is 13.1. The molecule has 0 saturated heterocycles. The molecule has 0 unspecified atom stereocenters. The van der Waals surface area contributed by atoms with E-state index in [1.165, 1.54) is 4.90 Å². The number of carbonyl (C=O) groups is 1. The quantitative estimate of drug-likeness (QED) is 0.942. The van der Waals surface area contributed by atoms with Gasteiger partial charge in [-0.1, -0.05) is 17.7 Å². The average Bonchev–Trinajstić information content (AvgIpc) is 2.47. The lowest BCUT2D eigenvalue weighted by Gasteiger charge is -2.13. The topological polar surface area (TPSA) is 45.2 Å². The van der Waals surface area contributed by atoms with Crippen LogP contribution in [0.25, 0.3) is 0 Å². The molecule has 1 aromatic carbocycles. The van der Waals surface area contributed by atoms with Crippen LogP contribution in [0.15, 0.2) is 36.5 Å².